The van der Waals surface area contributed by atoms with Crippen LogP contribution < -0.4 is 10.6 Å². The van der Waals surface area contributed by atoms with E-state index >= 15 is 0 Å². The van der Waals surface area contributed by atoms with Crippen LogP contribution in [0.4, 0.5) is 5.69 Å². The van der Waals surface area contributed by atoms with E-state index in [1.807, 2.05) is 18.2 Å². The van der Waals surface area contributed by atoms with Crippen molar-refractivity contribution in [2.45, 2.75) is 6.04 Å². The molecule has 5 heteroatoms. The van der Waals surface area contributed by atoms with Gasteiger partial charge in [-0.25, -0.2) is 0 Å². The molecule has 1 saturated heterocycles. The highest BCUT2D eigenvalue weighted by atomic mass is 79.9. The Morgan fingerprint density at radius 2 is 2.12 bits per heavy atom. The summed E-state index contributed by atoms with van der Waals surface area (Å²) in [6.45, 7) is 3.17. The van der Waals surface area contributed by atoms with E-state index in [1.54, 1.807) is 0 Å². The number of halogens is 1. The van der Waals surface area contributed by atoms with Crippen LogP contribution in [0.15, 0.2) is 22.7 Å². The van der Waals surface area contributed by atoms with Crippen LogP contribution in [-0.2, 0) is 4.74 Å². The van der Waals surface area contributed by atoms with Crippen LogP contribution in [0.5, 0.6) is 0 Å². The van der Waals surface area contributed by atoms with E-state index in [0.29, 0.717) is 0 Å². The van der Waals surface area contributed by atoms with E-state index in [4.69, 9.17) is 10.5 Å². The normalized spacial score (nSPS) is 18.2. The summed E-state index contributed by atoms with van der Waals surface area (Å²) in [5.74, 6) is 0. The molecule has 0 amide bonds. The SMILES string of the molecule is NC(CO)c1cc(Br)ccc1N1CCOCC1. The third-order valence-corrected chi connectivity index (χ3v) is 3.43. The number of anilines is 1. The molecule has 17 heavy (non-hydrogen) atoms. The molecule has 0 spiro atoms. The zero-order valence-electron chi connectivity index (χ0n) is 9.60. The van der Waals surface area contributed by atoms with Crippen molar-refractivity contribution in [3.05, 3.63) is 28.2 Å². The van der Waals surface area contributed by atoms with Crippen LogP contribution in [0.2, 0.25) is 0 Å². The molecule has 0 saturated carbocycles. The van der Waals surface area contributed by atoms with Gasteiger partial charge in [0.15, 0.2) is 0 Å². The lowest BCUT2D eigenvalue weighted by molar-refractivity contribution is 0.122. The maximum Gasteiger partial charge on any atom is 0.0642 e. The molecule has 0 aliphatic carbocycles. The molecular weight excluding hydrogens is 284 g/mol. The van der Waals surface area contributed by atoms with Gasteiger partial charge in [-0.3, -0.25) is 0 Å². The predicted molar refractivity (Wildman–Crippen MR) is 71.2 cm³/mol. The van der Waals surface area contributed by atoms with Crippen molar-refractivity contribution in [3.63, 3.8) is 0 Å². The number of aliphatic hydroxyl groups is 1. The Morgan fingerprint density at radius 1 is 1.41 bits per heavy atom. The Morgan fingerprint density at radius 3 is 2.76 bits per heavy atom. The quantitative estimate of drug-likeness (QED) is 0.883. The fraction of sp³-hybridized carbons (Fsp3) is 0.500. The van der Waals surface area contributed by atoms with E-state index in [0.717, 1.165) is 42.0 Å². The van der Waals surface area contributed by atoms with Crippen LogP contribution >= 0.6 is 15.9 Å². The molecular formula is C12H17BrN2O2. The van der Waals surface area contributed by atoms with Gasteiger partial charge in [0.25, 0.3) is 0 Å². The van der Waals surface area contributed by atoms with Crippen LogP contribution in [0.3, 0.4) is 0 Å². The Labute approximate surface area is 109 Å². The molecule has 1 aromatic rings. The predicted octanol–water partition coefficient (Wildman–Crippen LogP) is 1.28. The van der Waals surface area contributed by atoms with E-state index in [2.05, 4.69) is 20.8 Å². The lowest BCUT2D eigenvalue weighted by Crippen LogP contribution is -2.37. The Balaban J connectivity index is 2.30. The number of aliphatic hydroxyl groups excluding tert-OH is 1. The van der Waals surface area contributed by atoms with Crippen LogP contribution in [0.25, 0.3) is 0 Å². The second kappa shape index (κ2) is 5.82. The van der Waals surface area contributed by atoms with Crippen LogP contribution in [0, 0.1) is 0 Å². The maximum absolute atomic E-state index is 9.22. The molecule has 94 valence electrons. The van der Waals surface area contributed by atoms with Crippen molar-refractivity contribution >= 4 is 21.6 Å². The minimum absolute atomic E-state index is 0.0478. The van der Waals surface area contributed by atoms with Gasteiger partial charge >= 0.3 is 0 Å². The molecule has 2 rings (SSSR count). The maximum atomic E-state index is 9.22. The number of benzene rings is 1. The van der Waals surface area contributed by atoms with Gasteiger partial charge in [0.1, 0.15) is 0 Å². The summed E-state index contributed by atoms with van der Waals surface area (Å²) < 4.78 is 6.32. The second-order valence-electron chi connectivity index (χ2n) is 4.09. The molecule has 1 heterocycles. The molecule has 4 nitrogen and oxygen atoms in total. The topological polar surface area (TPSA) is 58.7 Å². The third-order valence-electron chi connectivity index (χ3n) is 2.94. The number of ether oxygens (including phenoxy) is 1. The molecule has 0 radical (unpaired) electrons. The number of morpholine rings is 1. The van der Waals surface area contributed by atoms with Gasteiger partial charge in [-0.2, -0.15) is 0 Å². The summed E-state index contributed by atoms with van der Waals surface area (Å²) in [6, 6.07) is 5.68. The number of hydrogen-bond donors (Lipinski definition) is 2. The summed E-state index contributed by atoms with van der Waals surface area (Å²) in [4.78, 5) is 2.25. The molecule has 0 bridgehead atoms. The van der Waals surface area contributed by atoms with Crippen molar-refractivity contribution < 1.29 is 9.84 Å². The summed E-state index contributed by atoms with van der Waals surface area (Å²) in [5.41, 5.74) is 8.01. The van der Waals surface area contributed by atoms with Crippen molar-refractivity contribution in [2.24, 2.45) is 5.73 Å². The molecule has 1 atom stereocenters. The molecule has 1 aliphatic heterocycles. The number of nitrogens with two attached hydrogens (primary N) is 1. The summed E-state index contributed by atoms with van der Waals surface area (Å²) >= 11 is 3.44. The van der Waals surface area contributed by atoms with Gasteiger partial charge in [0.2, 0.25) is 0 Å². The van der Waals surface area contributed by atoms with E-state index in [9.17, 15) is 5.11 Å². The highest BCUT2D eigenvalue weighted by Gasteiger charge is 2.18. The molecule has 1 aliphatic rings. The van der Waals surface area contributed by atoms with E-state index < -0.39 is 0 Å². The van der Waals surface area contributed by atoms with Crippen LogP contribution in [0.1, 0.15) is 11.6 Å². The third kappa shape index (κ3) is 2.98. The minimum atomic E-state index is -0.342. The van der Waals surface area contributed by atoms with Gasteiger partial charge in [-0.15, -0.1) is 0 Å². The fourth-order valence-corrected chi connectivity index (χ4v) is 2.39. The highest BCUT2D eigenvalue weighted by Crippen LogP contribution is 2.29. The summed E-state index contributed by atoms with van der Waals surface area (Å²) in [6.07, 6.45) is 0. The molecule has 1 aromatic carbocycles. The van der Waals surface area contributed by atoms with E-state index in [1.165, 1.54) is 0 Å². The van der Waals surface area contributed by atoms with Crippen molar-refractivity contribution in [1.29, 1.82) is 0 Å². The standard InChI is InChI=1S/C12H17BrN2O2/c13-9-1-2-12(10(7-9)11(14)8-16)15-3-5-17-6-4-15/h1-2,7,11,16H,3-6,8,14H2. The first kappa shape index (κ1) is 12.8. The molecule has 1 fully saturated rings. The Kier molecular flexibility index (Phi) is 4.39. The zero-order valence-corrected chi connectivity index (χ0v) is 11.2. The van der Waals surface area contributed by atoms with Crippen molar-refractivity contribution in [1.82, 2.24) is 0 Å². The average molecular weight is 301 g/mol. The van der Waals surface area contributed by atoms with Crippen LogP contribution in [-0.4, -0.2) is 38.0 Å². The largest absolute Gasteiger partial charge is 0.394 e. The Hall–Kier alpha value is -0.620. The lowest BCUT2D eigenvalue weighted by Gasteiger charge is -2.31. The number of nitrogens with zero attached hydrogens (tertiary/aromatic N) is 1. The van der Waals surface area contributed by atoms with Gasteiger partial charge in [-0.1, -0.05) is 15.9 Å². The number of hydrogen-bond acceptors (Lipinski definition) is 4. The highest BCUT2D eigenvalue weighted by molar-refractivity contribution is 9.10. The first-order valence-electron chi connectivity index (χ1n) is 5.71. The monoisotopic (exact) mass is 300 g/mol. The summed E-state index contributed by atoms with van der Waals surface area (Å²) in [7, 11) is 0. The first-order chi connectivity index (χ1) is 8.22. The van der Waals surface area contributed by atoms with Crippen molar-refractivity contribution in [2.75, 3.05) is 37.8 Å². The van der Waals surface area contributed by atoms with Gasteiger partial charge in [0.05, 0.1) is 25.9 Å². The first-order valence-corrected chi connectivity index (χ1v) is 6.50. The summed E-state index contributed by atoms with van der Waals surface area (Å²) in [5, 5.41) is 9.22. The number of rotatable bonds is 3. The fourth-order valence-electron chi connectivity index (χ4n) is 2.01. The molecule has 0 aromatic heterocycles. The minimum Gasteiger partial charge on any atom is -0.394 e. The molecule has 3 N–H and O–H groups in total. The van der Waals surface area contributed by atoms with E-state index in [-0.39, 0.29) is 12.6 Å². The Bertz CT molecular complexity index is 381. The van der Waals surface area contributed by atoms with Gasteiger partial charge in [-0.05, 0) is 23.8 Å². The van der Waals surface area contributed by atoms with Gasteiger partial charge < -0.3 is 20.5 Å². The average Bonchev–Trinajstić information content (AvgIpc) is 2.38. The lowest BCUT2D eigenvalue weighted by atomic mass is 10.0. The van der Waals surface area contributed by atoms with Gasteiger partial charge in [0, 0.05) is 23.2 Å². The van der Waals surface area contributed by atoms with Crippen molar-refractivity contribution in [3.8, 4) is 0 Å². The molecule has 1 unspecified atom stereocenters. The zero-order chi connectivity index (χ0) is 12.3. The smallest absolute Gasteiger partial charge is 0.0642 e. The second-order valence-corrected chi connectivity index (χ2v) is 5.01.